The first-order valence-corrected chi connectivity index (χ1v) is 7.18. The van der Waals surface area contributed by atoms with Gasteiger partial charge in [-0.15, -0.1) is 0 Å². The monoisotopic (exact) mass is 311 g/mol. The molecule has 0 aliphatic carbocycles. The molecule has 0 aromatic heterocycles. The van der Waals surface area contributed by atoms with Gasteiger partial charge in [-0.1, -0.05) is 17.7 Å². The Morgan fingerprint density at radius 3 is 2.81 bits per heavy atom. The number of nitro benzene ring substituents is 1. The molecule has 2 rings (SSSR count). The minimum Gasteiger partial charge on any atom is -0.337 e. The normalized spacial score (nSPS) is 18.9. The van der Waals surface area contributed by atoms with Crippen molar-refractivity contribution in [3.05, 3.63) is 38.9 Å². The third-order valence-corrected chi connectivity index (χ3v) is 4.22. The summed E-state index contributed by atoms with van der Waals surface area (Å²) >= 11 is 6.02. The molecule has 1 unspecified atom stereocenters. The summed E-state index contributed by atoms with van der Waals surface area (Å²) in [6.45, 7) is 1.27. The van der Waals surface area contributed by atoms with Crippen LogP contribution in [0.15, 0.2) is 18.2 Å². The minimum absolute atomic E-state index is 0.0838. The van der Waals surface area contributed by atoms with E-state index in [1.807, 2.05) is 14.1 Å². The van der Waals surface area contributed by atoms with Crippen LogP contribution in [0, 0.1) is 10.1 Å². The van der Waals surface area contributed by atoms with E-state index in [2.05, 4.69) is 4.90 Å². The Morgan fingerprint density at radius 2 is 2.19 bits per heavy atom. The molecular weight excluding hydrogens is 294 g/mol. The van der Waals surface area contributed by atoms with E-state index in [4.69, 9.17) is 11.6 Å². The van der Waals surface area contributed by atoms with Crippen molar-refractivity contribution in [1.29, 1.82) is 0 Å². The van der Waals surface area contributed by atoms with Crippen molar-refractivity contribution in [2.45, 2.75) is 18.9 Å². The molecule has 21 heavy (non-hydrogen) atoms. The molecule has 1 fully saturated rings. The zero-order chi connectivity index (χ0) is 15.6. The van der Waals surface area contributed by atoms with Crippen LogP contribution in [0.5, 0.6) is 0 Å². The molecular formula is C14H18ClN3O3. The molecule has 0 N–H and O–H groups in total. The lowest BCUT2D eigenvalue weighted by Gasteiger charge is -2.36. The van der Waals surface area contributed by atoms with Gasteiger partial charge in [0.1, 0.15) is 5.02 Å². The first kappa shape index (κ1) is 15.7. The van der Waals surface area contributed by atoms with Crippen molar-refractivity contribution in [3.63, 3.8) is 0 Å². The third-order valence-electron chi connectivity index (χ3n) is 3.82. The second kappa shape index (κ2) is 6.41. The van der Waals surface area contributed by atoms with Gasteiger partial charge in [-0.3, -0.25) is 14.9 Å². The second-order valence-corrected chi connectivity index (χ2v) is 5.78. The fourth-order valence-electron chi connectivity index (χ4n) is 2.56. The molecule has 1 aromatic carbocycles. The zero-order valence-electron chi connectivity index (χ0n) is 12.1. The summed E-state index contributed by atoms with van der Waals surface area (Å²) in [5.41, 5.74) is -0.0334. The van der Waals surface area contributed by atoms with E-state index in [9.17, 15) is 14.9 Å². The first-order valence-electron chi connectivity index (χ1n) is 6.80. The predicted molar refractivity (Wildman–Crippen MR) is 80.7 cm³/mol. The zero-order valence-corrected chi connectivity index (χ0v) is 12.8. The fourth-order valence-corrected chi connectivity index (χ4v) is 2.83. The highest BCUT2D eigenvalue weighted by molar-refractivity contribution is 6.35. The van der Waals surface area contributed by atoms with Crippen LogP contribution >= 0.6 is 11.6 Å². The average molecular weight is 312 g/mol. The Morgan fingerprint density at radius 1 is 1.48 bits per heavy atom. The van der Waals surface area contributed by atoms with E-state index in [0.29, 0.717) is 19.1 Å². The van der Waals surface area contributed by atoms with Gasteiger partial charge in [0.2, 0.25) is 0 Å². The van der Waals surface area contributed by atoms with E-state index >= 15 is 0 Å². The lowest BCUT2D eigenvalue weighted by molar-refractivity contribution is -0.384. The van der Waals surface area contributed by atoms with Gasteiger partial charge in [-0.05, 0) is 33.0 Å². The Hall–Kier alpha value is -1.66. The van der Waals surface area contributed by atoms with Crippen LogP contribution in [0.4, 0.5) is 5.69 Å². The van der Waals surface area contributed by atoms with Gasteiger partial charge >= 0.3 is 0 Å². The van der Waals surface area contributed by atoms with Crippen molar-refractivity contribution in [2.75, 3.05) is 27.2 Å². The molecule has 6 nitrogen and oxygen atoms in total. The second-order valence-electron chi connectivity index (χ2n) is 5.41. The molecule has 1 aliphatic rings. The van der Waals surface area contributed by atoms with Crippen molar-refractivity contribution < 1.29 is 9.72 Å². The van der Waals surface area contributed by atoms with Crippen molar-refractivity contribution >= 4 is 23.2 Å². The highest BCUT2D eigenvalue weighted by Crippen LogP contribution is 2.29. The largest absolute Gasteiger partial charge is 0.337 e. The van der Waals surface area contributed by atoms with E-state index < -0.39 is 4.92 Å². The summed E-state index contributed by atoms with van der Waals surface area (Å²) in [4.78, 5) is 26.7. The summed E-state index contributed by atoms with van der Waals surface area (Å²) in [7, 11) is 3.97. The standard InChI is InChI=1S/C14H18ClN3O3/c1-16(2)10-5-4-8-17(9-10)14(19)11-6-3-7-12(13(11)15)18(20)21/h3,6-7,10H,4-5,8-9H2,1-2H3. The van der Waals surface area contributed by atoms with Gasteiger partial charge in [-0.25, -0.2) is 0 Å². The number of rotatable bonds is 3. The van der Waals surface area contributed by atoms with E-state index in [1.54, 1.807) is 4.90 Å². The molecule has 7 heteroatoms. The maximum Gasteiger partial charge on any atom is 0.288 e. The van der Waals surface area contributed by atoms with E-state index in [0.717, 1.165) is 12.8 Å². The Balaban J connectivity index is 2.24. The number of benzene rings is 1. The number of nitro groups is 1. The number of amides is 1. The molecule has 0 bridgehead atoms. The van der Waals surface area contributed by atoms with Crippen LogP contribution in [-0.4, -0.2) is 53.9 Å². The van der Waals surface area contributed by atoms with Gasteiger partial charge < -0.3 is 9.80 Å². The molecule has 1 aliphatic heterocycles. The Labute approximate surface area is 128 Å². The van der Waals surface area contributed by atoms with Crippen molar-refractivity contribution in [2.24, 2.45) is 0 Å². The number of nitrogens with zero attached hydrogens (tertiary/aromatic N) is 3. The summed E-state index contributed by atoms with van der Waals surface area (Å²) < 4.78 is 0. The maximum absolute atomic E-state index is 12.6. The van der Waals surface area contributed by atoms with Crippen LogP contribution in [0.3, 0.4) is 0 Å². The van der Waals surface area contributed by atoms with Crippen LogP contribution in [0.25, 0.3) is 0 Å². The smallest absolute Gasteiger partial charge is 0.288 e. The number of likely N-dealkylation sites (tertiary alicyclic amines) is 1. The Kier molecular flexibility index (Phi) is 4.80. The number of carbonyl (C=O) groups is 1. The lowest BCUT2D eigenvalue weighted by atomic mass is 10.0. The molecule has 1 atom stereocenters. The van der Waals surface area contributed by atoms with Gasteiger partial charge in [0, 0.05) is 25.2 Å². The number of halogens is 1. The van der Waals surface area contributed by atoms with Gasteiger partial charge in [-0.2, -0.15) is 0 Å². The number of piperidine rings is 1. The number of hydrogen-bond donors (Lipinski definition) is 0. The Bertz CT molecular complexity index is 562. The number of likely N-dealkylation sites (N-methyl/N-ethyl adjacent to an activating group) is 1. The quantitative estimate of drug-likeness (QED) is 0.635. The van der Waals surface area contributed by atoms with Gasteiger partial charge in [0.15, 0.2) is 0 Å². The molecule has 1 aromatic rings. The SMILES string of the molecule is CN(C)C1CCCN(C(=O)c2cccc([N+](=O)[O-])c2Cl)C1. The van der Waals surface area contributed by atoms with E-state index in [1.165, 1.54) is 18.2 Å². The maximum atomic E-state index is 12.6. The highest BCUT2D eigenvalue weighted by Gasteiger charge is 2.28. The minimum atomic E-state index is -0.571. The van der Waals surface area contributed by atoms with Crippen molar-refractivity contribution in [3.8, 4) is 0 Å². The van der Waals surface area contributed by atoms with Crippen LogP contribution < -0.4 is 0 Å². The topological polar surface area (TPSA) is 66.7 Å². The van der Waals surface area contributed by atoms with Gasteiger partial charge in [0.05, 0.1) is 10.5 Å². The number of carbonyl (C=O) groups excluding carboxylic acids is 1. The van der Waals surface area contributed by atoms with Crippen LogP contribution in [0.2, 0.25) is 5.02 Å². The molecule has 0 spiro atoms. The number of hydrogen-bond acceptors (Lipinski definition) is 4. The van der Waals surface area contributed by atoms with Crippen LogP contribution in [-0.2, 0) is 0 Å². The van der Waals surface area contributed by atoms with Crippen LogP contribution in [0.1, 0.15) is 23.2 Å². The third kappa shape index (κ3) is 3.33. The summed E-state index contributed by atoms with van der Waals surface area (Å²) in [5, 5.41) is 10.8. The van der Waals surface area contributed by atoms with Gasteiger partial charge in [0.25, 0.3) is 11.6 Å². The molecule has 0 radical (unpaired) electrons. The summed E-state index contributed by atoms with van der Waals surface area (Å²) in [6, 6.07) is 4.64. The molecule has 1 heterocycles. The summed E-state index contributed by atoms with van der Waals surface area (Å²) in [5.74, 6) is -0.241. The fraction of sp³-hybridized carbons (Fsp3) is 0.500. The van der Waals surface area contributed by atoms with E-state index in [-0.39, 0.29) is 22.2 Å². The molecule has 1 amide bonds. The predicted octanol–water partition coefficient (Wildman–Crippen LogP) is 2.41. The average Bonchev–Trinajstić information content (AvgIpc) is 2.46. The first-order chi connectivity index (χ1) is 9.91. The molecule has 0 saturated carbocycles. The molecule has 1 saturated heterocycles. The molecule has 114 valence electrons. The van der Waals surface area contributed by atoms with Crippen molar-refractivity contribution in [1.82, 2.24) is 9.80 Å². The lowest BCUT2D eigenvalue weighted by Crippen LogP contribution is -2.47. The summed E-state index contributed by atoms with van der Waals surface area (Å²) in [6.07, 6.45) is 1.96. The highest BCUT2D eigenvalue weighted by atomic mass is 35.5.